The number of rotatable bonds is 7. The molecule has 0 aliphatic carbocycles. The van der Waals surface area contributed by atoms with Crippen molar-refractivity contribution in [2.75, 3.05) is 20.8 Å². The normalized spacial score (nSPS) is 9.56. The number of aromatic nitrogens is 2. The van der Waals surface area contributed by atoms with Crippen LogP contribution in [-0.2, 0) is 6.42 Å². The summed E-state index contributed by atoms with van der Waals surface area (Å²) in [4.78, 5) is 8.72. The lowest BCUT2D eigenvalue weighted by atomic mass is 10.1. The number of methoxy groups -OCH3 is 1. The molecule has 2 aromatic heterocycles. The molecule has 0 saturated carbocycles. The van der Waals surface area contributed by atoms with E-state index in [0.29, 0.717) is 17.1 Å². The quantitative estimate of drug-likeness (QED) is 0.414. The van der Waals surface area contributed by atoms with Gasteiger partial charge in [-0.2, -0.15) is 0 Å². The Balaban J connectivity index is 0.000000307. The van der Waals surface area contributed by atoms with Crippen LogP contribution < -0.4 is 4.74 Å². The van der Waals surface area contributed by atoms with Gasteiger partial charge in [-0.15, -0.1) is 0 Å². The minimum absolute atomic E-state index is 0.190. The summed E-state index contributed by atoms with van der Waals surface area (Å²) in [6.07, 6.45) is 1.51. The van der Waals surface area contributed by atoms with E-state index in [2.05, 4.69) is 9.97 Å². The van der Waals surface area contributed by atoms with Crippen molar-refractivity contribution >= 4 is 11.4 Å². The number of para-hydroxylation sites is 1. The fourth-order valence-electron chi connectivity index (χ4n) is 2.74. The van der Waals surface area contributed by atoms with E-state index in [1.807, 2.05) is 60.7 Å². The highest BCUT2D eigenvalue weighted by atomic mass is 16.5. The maximum atomic E-state index is 8.64. The van der Waals surface area contributed by atoms with Crippen molar-refractivity contribution < 1.29 is 14.9 Å². The van der Waals surface area contributed by atoms with Gasteiger partial charge in [0.1, 0.15) is 5.75 Å². The van der Waals surface area contributed by atoms with E-state index >= 15 is 0 Å². The first kappa shape index (κ1) is 26.6. The van der Waals surface area contributed by atoms with Crippen LogP contribution in [0.4, 0.5) is 0 Å². The van der Waals surface area contributed by atoms with E-state index in [0.717, 1.165) is 48.3 Å². The van der Waals surface area contributed by atoms with Gasteiger partial charge in [-0.3, -0.25) is 4.98 Å². The summed E-state index contributed by atoms with van der Waals surface area (Å²) >= 11 is 0. The van der Waals surface area contributed by atoms with Crippen LogP contribution in [0.1, 0.15) is 37.4 Å². The molecule has 0 atom stereocenters. The van der Waals surface area contributed by atoms with Gasteiger partial charge in [0.25, 0.3) is 0 Å². The van der Waals surface area contributed by atoms with Gasteiger partial charge in [0.15, 0.2) is 0 Å². The maximum absolute atomic E-state index is 8.64. The van der Waals surface area contributed by atoms with Gasteiger partial charge in [-0.05, 0) is 63.1 Å². The Bertz CT molecular complexity index is 1010. The Morgan fingerprint density at radius 3 is 2.03 bits per heavy atom. The lowest BCUT2D eigenvalue weighted by Gasteiger charge is -2.08. The van der Waals surface area contributed by atoms with Crippen LogP contribution in [0.5, 0.6) is 5.75 Å². The van der Waals surface area contributed by atoms with Gasteiger partial charge in [0.05, 0.1) is 35.6 Å². The van der Waals surface area contributed by atoms with Crippen LogP contribution in [0, 0.1) is 10.8 Å². The predicted octanol–water partition coefficient (Wildman–Crippen LogP) is 4.15. The van der Waals surface area contributed by atoms with Gasteiger partial charge in [0.2, 0.25) is 0 Å². The van der Waals surface area contributed by atoms with Crippen molar-refractivity contribution in [1.82, 2.24) is 9.97 Å². The second kappa shape index (κ2) is 14.6. The molecule has 0 fully saturated rings. The average Bonchev–Trinajstić information content (AvgIpc) is 2.84. The predicted molar refractivity (Wildman–Crippen MR) is 129 cm³/mol. The van der Waals surface area contributed by atoms with E-state index in [9.17, 15) is 0 Å². The lowest BCUT2D eigenvalue weighted by Crippen LogP contribution is -2.00. The lowest BCUT2D eigenvalue weighted by molar-refractivity contribution is 0.288. The van der Waals surface area contributed by atoms with Crippen molar-refractivity contribution in [3.05, 3.63) is 77.7 Å². The Kier molecular flexibility index (Phi) is 12.1. The number of aryl methyl sites for hydroxylation is 1. The summed E-state index contributed by atoms with van der Waals surface area (Å²) in [6, 6.07) is 19.0. The number of aliphatic hydroxyl groups excluding tert-OH is 2. The largest absolute Gasteiger partial charge is 0.496 e. The molecule has 3 rings (SSSR count). The van der Waals surface area contributed by atoms with Crippen LogP contribution in [0.25, 0.3) is 11.3 Å². The van der Waals surface area contributed by atoms with Gasteiger partial charge >= 0.3 is 0 Å². The average molecular weight is 437 g/mol. The number of hydrogen-bond acceptors (Lipinski definition) is 7. The number of ether oxygens (including phenoxy) is 1. The molecule has 3 aromatic rings. The zero-order valence-corrected chi connectivity index (χ0v) is 19.1. The summed E-state index contributed by atoms with van der Waals surface area (Å²) in [7, 11) is 2.64. The standard InChI is InChI=1S/C14H14N2O.C10H14N2O.CH4O/c1-10(15)12-7-5-8-13(16-12)11-6-3-4-9-14(11)17-2;1-8(11)10-6-2-4-9(12-10)5-3-7-13;1-2/h3-9,15H,1-2H3;2,4,6,11,13H,3,5,7H2,1H3;2H,1H3. The smallest absolute Gasteiger partial charge is 0.128 e. The summed E-state index contributed by atoms with van der Waals surface area (Å²) in [5.74, 6) is 0.791. The molecule has 0 bridgehead atoms. The molecule has 4 N–H and O–H groups in total. The fraction of sp³-hybridized carbons (Fsp3) is 0.280. The summed E-state index contributed by atoms with van der Waals surface area (Å²) in [6.45, 7) is 3.64. The first-order valence-electron chi connectivity index (χ1n) is 10.2. The van der Waals surface area contributed by atoms with Crippen molar-refractivity contribution in [2.24, 2.45) is 0 Å². The zero-order valence-electron chi connectivity index (χ0n) is 19.1. The molecule has 1 aromatic carbocycles. The van der Waals surface area contributed by atoms with Crippen molar-refractivity contribution in [1.29, 1.82) is 10.8 Å². The molecular weight excluding hydrogens is 404 g/mol. The molecule has 0 spiro atoms. The van der Waals surface area contributed by atoms with Crippen LogP contribution in [-0.4, -0.2) is 52.4 Å². The number of hydrogen-bond donors (Lipinski definition) is 4. The van der Waals surface area contributed by atoms with Crippen LogP contribution in [0.15, 0.2) is 60.7 Å². The molecule has 0 unspecified atom stereocenters. The van der Waals surface area contributed by atoms with Gasteiger partial charge in [-0.1, -0.05) is 24.3 Å². The van der Waals surface area contributed by atoms with E-state index in [1.54, 1.807) is 21.0 Å². The molecule has 0 radical (unpaired) electrons. The van der Waals surface area contributed by atoms with Crippen molar-refractivity contribution in [3.8, 4) is 17.0 Å². The molecule has 0 aliphatic heterocycles. The third kappa shape index (κ3) is 8.37. The summed E-state index contributed by atoms with van der Waals surface area (Å²) in [5.41, 5.74) is 5.05. The molecule has 0 saturated heterocycles. The number of nitrogens with one attached hydrogen (secondary N) is 2. The number of aliphatic hydroxyl groups is 2. The number of benzene rings is 1. The minimum atomic E-state index is 0.190. The van der Waals surface area contributed by atoms with Crippen molar-refractivity contribution in [2.45, 2.75) is 26.7 Å². The second-order valence-corrected chi connectivity index (χ2v) is 6.70. The van der Waals surface area contributed by atoms with Crippen molar-refractivity contribution in [3.63, 3.8) is 0 Å². The molecule has 32 heavy (non-hydrogen) atoms. The molecule has 2 heterocycles. The first-order chi connectivity index (χ1) is 15.5. The van der Waals surface area contributed by atoms with E-state index in [1.165, 1.54) is 0 Å². The van der Waals surface area contributed by atoms with E-state index in [-0.39, 0.29) is 6.61 Å². The monoisotopic (exact) mass is 436 g/mol. The Morgan fingerprint density at radius 2 is 1.44 bits per heavy atom. The van der Waals surface area contributed by atoms with Crippen LogP contribution in [0.2, 0.25) is 0 Å². The molecule has 7 heteroatoms. The van der Waals surface area contributed by atoms with Crippen LogP contribution in [0.3, 0.4) is 0 Å². The number of nitrogens with zero attached hydrogens (tertiary/aromatic N) is 2. The Hall–Kier alpha value is -3.42. The van der Waals surface area contributed by atoms with Gasteiger partial charge < -0.3 is 25.8 Å². The minimum Gasteiger partial charge on any atom is -0.496 e. The van der Waals surface area contributed by atoms with E-state index in [4.69, 9.17) is 25.8 Å². The first-order valence-corrected chi connectivity index (χ1v) is 10.2. The third-order valence-corrected chi connectivity index (χ3v) is 4.30. The highest BCUT2D eigenvalue weighted by molar-refractivity contribution is 5.95. The summed E-state index contributed by atoms with van der Waals surface area (Å²) < 4.78 is 5.31. The fourth-order valence-corrected chi connectivity index (χ4v) is 2.74. The maximum Gasteiger partial charge on any atom is 0.128 e. The summed E-state index contributed by atoms with van der Waals surface area (Å²) in [5, 5.41) is 30.6. The molecule has 7 nitrogen and oxygen atoms in total. The van der Waals surface area contributed by atoms with E-state index < -0.39 is 0 Å². The second-order valence-electron chi connectivity index (χ2n) is 6.70. The molecule has 170 valence electrons. The SMILES string of the molecule is CC(=N)c1cccc(CCCO)n1.CO.COc1ccccc1-c1cccc(C(C)=N)n1. The Morgan fingerprint density at radius 1 is 0.844 bits per heavy atom. The Labute approximate surface area is 189 Å². The topological polar surface area (TPSA) is 123 Å². The van der Waals surface area contributed by atoms with Crippen LogP contribution >= 0.6 is 0 Å². The molecular formula is C25H32N4O3. The highest BCUT2D eigenvalue weighted by Crippen LogP contribution is 2.27. The van der Waals surface area contributed by atoms with Gasteiger partial charge in [-0.25, -0.2) is 4.98 Å². The highest BCUT2D eigenvalue weighted by Gasteiger charge is 2.07. The molecule has 0 aliphatic rings. The third-order valence-electron chi connectivity index (χ3n) is 4.30. The molecule has 0 amide bonds. The van der Waals surface area contributed by atoms with Gasteiger partial charge in [0, 0.05) is 25.0 Å². The zero-order chi connectivity index (χ0) is 23.9. The number of pyridine rings is 2.